The van der Waals surface area contributed by atoms with Gasteiger partial charge in [-0.2, -0.15) is 8.75 Å². The maximum Gasteiger partial charge on any atom is 0.144 e. The van der Waals surface area contributed by atoms with E-state index in [1.807, 2.05) is 0 Å². The van der Waals surface area contributed by atoms with Crippen LogP contribution in [0.3, 0.4) is 0 Å². The molecular formula is C12H7Cl2FN4S. The number of anilines is 3. The summed E-state index contributed by atoms with van der Waals surface area (Å²) in [5.74, 6) is -0.567. The molecule has 3 aromatic rings. The molecule has 0 amide bonds. The number of nitrogen functional groups attached to an aromatic ring is 1. The van der Waals surface area contributed by atoms with E-state index >= 15 is 0 Å². The van der Waals surface area contributed by atoms with Crippen LogP contribution in [0.5, 0.6) is 0 Å². The van der Waals surface area contributed by atoms with Gasteiger partial charge in [-0.1, -0.05) is 23.2 Å². The summed E-state index contributed by atoms with van der Waals surface area (Å²) >= 11 is 12.9. The zero-order chi connectivity index (χ0) is 14.3. The van der Waals surface area contributed by atoms with Crippen LogP contribution in [0.25, 0.3) is 11.0 Å². The molecule has 0 atom stereocenters. The van der Waals surface area contributed by atoms with E-state index in [0.717, 1.165) is 11.7 Å². The third-order valence-corrected chi connectivity index (χ3v) is 3.88. The van der Waals surface area contributed by atoms with Crippen molar-refractivity contribution in [2.24, 2.45) is 0 Å². The minimum Gasteiger partial charge on any atom is -0.397 e. The number of nitrogens with two attached hydrogens (primary N) is 1. The summed E-state index contributed by atoms with van der Waals surface area (Å²) in [4.78, 5) is 0. The first-order chi connectivity index (χ1) is 9.56. The molecule has 2 aromatic carbocycles. The number of aromatic nitrogens is 2. The lowest BCUT2D eigenvalue weighted by molar-refractivity contribution is 0.629. The molecule has 102 valence electrons. The van der Waals surface area contributed by atoms with Gasteiger partial charge in [0.2, 0.25) is 0 Å². The molecule has 0 radical (unpaired) electrons. The van der Waals surface area contributed by atoms with E-state index in [4.69, 9.17) is 28.9 Å². The van der Waals surface area contributed by atoms with Crippen LogP contribution in [0, 0.1) is 5.82 Å². The SMILES string of the molecule is Nc1cc(Cl)c(F)cc1Nc1c(Cl)ccc2nsnc12. The quantitative estimate of drug-likeness (QED) is 0.681. The monoisotopic (exact) mass is 328 g/mol. The molecule has 8 heteroatoms. The smallest absolute Gasteiger partial charge is 0.144 e. The standard InChI is InChI=1S/C12H7Cl2FN4S/c13-5-1-2-9-12(19-20-18-9)11(5)17-10-4-7(15)6(14)3-8(10)16/h1-4,17H,16H2. The first-order valence-corrected chi connectivity index (χ1v) is 6.97. The van der Waals surface area contributed by atoms with Crippen LogP contribution in [0.2, 0.25) is 10.0 Å². The van der Waals surface area contributed by atoms with E-state index in [9.17, 15) is 4.39 Å². The fourth-order valence-corrected chi connectivity index (χ4v) is 2.67. The first-order valence-electron chi connectivity index (χ1n) is 5.48. The van der Waals surface area contributed by atoms with Gasteiger partial charge in [-0.05, 0) is 18.2 Å². The van der Waals surface area contributed by atoms with Crippen molar-refractivity contribution in [2.45, 2.75) is 0 Å². The van der Waals surface area contributed by atoms with E-state index in [2.05, 4.69) is 14.1 Å². The molecule has 0 bridgehead atoms. The molecule has 1 aromatic heterocycles. The van der Waals surface area contributed by atoms with Gasteiger partial charge in [0.25, 0.3) is 0 Å². The summed E-state index contributed by atoms with van der Waals surface area (Å²) in [7, 11) is 0. The van der Waals surface area contributed by atoms with Gasteiger partial charge in [0.1, 0.15) is 16.9 Å². The number of nitrogens with one attached hydrogen (secondary N) is 1. The van der Waals surface area contributed by atoms with Gasteiger partial charge in [0, 0.05) is 6.07 Å². The molecule has 4 nitrogen and oxygen atoms in total. The average Bonchev–Trinajstić information content (AvgIpc) is 2.87. The number of hydrogen-bond acceptors (Lipinski definition) is 5. The average molecular weight is 329 g/mol. The highest BCUT2D eigenvalue weighted by molar-refractivity contribution is 7.00. The first kappa shape index (κ1) is 13.4. The molecule has 0 aliphatic rings. The van der Waals surface area contributed by atoms with Crippen molar-refractivity contribution in [1.82, 2.24) is 8.75 Å². The largest absolute Gasteiger partial charge is 0.397 e. The van der Waals surface area contributed by atoms with Gasteiger partial charge in [-0.15, -0.1) is 0 Å². The van der Waals surface area contributed by atoms with Gasteiger partial charge < -0.3 is 11.1 Å². The predicted molar refractivity (Wildman–Crippen MR) is 81.5 cm³/mol. The number of rotatable bonds is 2. The lowest BCUT2D eigenvalue weighted by atomic mass is 10.2. The van der Waals surface area contributed by atoms with Gasteiger partial charge in [-0.25, -0.2) is 4.39 Å². The topological polar surface area (TPSA) is 63.8 Å². The fourth-order valence-electron chi connectivity index (χ4n) is 1.75. The zero-order valence-electron chi connectivity index (χ0n) is 9.82. The van der Waals surface area contributed by atoms with Crippen LogP contribution < -0.4 is 11.1 Å². The number of hydrogen-bond donors (Lipinski definition) is 2. The van der Waals surface area contributed by atoms with Crippen molar-refractivity contribution >= 4 is 63.0 Å². The van der Waals surface area contributed by atoms with Crippen LogP contribution in [0.1, 0.15) is 0 Å². The molecule has 3 rings (SSSR count). The molecule has 0 spiro atoms. The van der Waals surface area contributed by atoms with Gasteiger partial charge in [0.05, 0.1) is 38.8 Å². The maximum atomic E-state index is 13.5. The van der Waals surface area contributed by atoms with Crippen molar-refractivity contribution in [2.75, 3.05) is 11.1 Å². The lowest BCUT2D eigenvalue weighted by Gasteiger charge is -2.12. The normalized spacial score (nSPS) is 10.9. The Hall–Kier alpha value is -1.63. The number of halogens is 3. The molecular weight excluding hydrogens is 322 g/mol. The summed E-state index contributed by atoms with van der Waals surface area (Å²) in [6.45, 7) is 0. The van der Waals surface area contributed by atoms with Crippen LogP contribution in [0.4, 0.5) is 21.5 Å². The Bertz CT molecular complexity index is 805. The van der Waals surface area contributed by atoms with Crippen molar-refractivity contribution in [3.05, 3.63) is 40.1 Å². The minimum atomic E-state index is -0.567. The molecule has 20 heavy (non-hydrogen) atoms. The van der Waals surface area contributed by atoms with Crippen LogP contribution >= 0.6 is 34.9 Å². The third kappa shape index (κ3) is 2.26. The highest BCUT2D eigenvalue weighted by Gasteiger charge is 2.13. The Balaban J connectivity index is 2.12. The van der Waals surface area contributed by atoms with E-state index in [1.165, 1.54) is 12.1 Å². The second-order valence-electron chi connectivity index (χ2n) is 4.03. The summed E-state index contributed by atoms with van der Waals surface area (Å²) < 4.78 is 21.8. The molecule has 1 heterocycles. The predicted octanol–water partition coefficient (Wildman–Crippen LogP) is 4.46. The Labute approximate surface area is 127 Å². The van der Waals surface area contributed by atoms with Gasteiger partial charge in [0.15, 0.2) is 0 Å². The Morgan fingerprint density at radius 2 is 1.95 bits per heavy atom. The fraction of sp³-hybridized carbons (Fsp3) is 0. The number of benzene rings is 2. The van der Waals surface area contributed by atoms with E-state index in [-0.39, 0.29) is 5.02 Å². The zero-order valence-corrected chi connectivity index (χ0v) is 12.2. The molecule has 0 saturated carbocycles. The summed E-state index contributed by atoms with van der Waals surface area (Å²) in [6, 6.07) is 6.01. The van der Waals surface area contributed by atoms with Crippen molar-refractivity contribution in [1.29, 1.82) is 0 Å². The molecule has 0 aliphatic carbocycles. The van der Waals surface area contributed by atoms with E-state index < -0.39 is 5.82 Å². The second kappa shape index (κ2) is 5.05. The highest BCUT2D eigenvalue weighted by Crippen LogP contribution is 2.35. The van der Waals surface area contributed by atoms with Crippen LogP contribution in [-0.4, -0.2) is 8.75 Å². The Kier molecular flexibility index (Phi) is 3.37. The maximum absolute atomic E-state index is 13.5. The van der Waals surface area contributed by atoms with Crippen LogP contribution in [-0.2, 0) is 0 Å². The number of nitrogens with zero attached hydrogens (tertiary/aromatic N) is 2. The van der Waals surface area contributed by atoms with Gasteiger partial charge >= 0.3 is 0 Å². The number of fused-ring (bicyclic) bond motifs is 1. The van der Waals surface area contributed by atoms with Gasteiger partial charge in [-0.3, -0.25) is 0 Å². The van der Waals surface area contributed by atoms with Crippen molar-refractivity contribution < 1.29 is 4.39 Å². The Morgan fingerprint density at radius 1 is 1.15 bits per heavy atom. The van der Waals surface area contributed by atoms with Crippen molar-refractivity contribution in [3.63, 3.8) is 0 Å². The summed E-state index contributed by atoms with van der Waals surface area (Å²) in [6.07, 6.45) is 0. The minimum absolute atomic E-state index is 0.0346. The molecule has 3 N–H and O–H groups in total. The van der Waals surface area contributed by atoms with E-state index in [0.29, 0.717) is 33.1 Å². The highest BCUT2D eigenvalue weighted by atomic mass is 35.5. The summed E-state index contributed by atoms with van der Waals surface area (Å²) in [5, 5.41) is 3.40. The Morgan fingerprint density at radius 3 is 2.75 bits per heavy atom. The molecule has 0 unspecified atom stereocenters. The van der Waals surface area contributed by atoms with Crippen molar-refractivity contribution in [3.8, 4) is 0 Å². The second-order valence-corrected chi connectivity index (χ2v) is 5.38. The lowest BCUT2D eigenvalue weighted by Crippen LogP contribution is -1.99. The molecule has 0 fully saturated rings. The third-order valence-electron chi connectivity index (χ3n) is 2.73. The molecule has 0 aliphatic heterocycles. The van der Waals surface area contributed by atoms with E-state index in [1.54, 1.807) is 12.1 Å². The van der Waals surface area contributed by atoms with Crippen LogP contribution in [0.15, 0.2) is 24.3 Å². The molecule has 0 saturated heterocycles. The summed E-state index contributed by atoms with van der Waals surface area (Å²) in [5.41, 5.74) is 8.35.